The first kappa shape index (κ1) is 29.9. The second kappa shape index (κ2) is 12.0. The minimum Gasteiger partial charge on any atom is -0.387 e. The fraction of sp³-hybridized carbons (Fsp3) is 0.462. The van der Waals surface area contributed by atoms with Crippen molar-refractivity contribution in [2.24, 2.45) is 5.16 Å². The van der Waals surface area contributed by atoms with Gasteiger partial charge in [-0.2, -0.15) is 13.5 Å². The average molecular weight is 630 g/mol. The molecule has 1 aromatic carbocycles. The van der Waals surface area contributed by atoms with Gasteiger partial charge in [-0.05, 0) is 37.5 Å². The Morgan fingerprint density at radius 3 is 2.57 bits per heavy atom. The standard InChI is InChI=1S/C26H27F4N5O5S2/c1-14-3-4-16(22(9-14)40-42(2,37)38)21-11-17(33-39-21)19-13-41-26(31-19)15-5-7-34(8-6-15)23(36)12-35-20(25(29)30)10-18(32-35)24(27)28/h3-4,9-10,13,15,21,24-25H,5-8,11-12H2,1-2H3. The number of benzene rings is 1. The number of alkyl halides is 4. The van der Waals surface area contributed by atoms with E-state index in [2.05, 4.69) is 10.3 Å². The van der Waals surface area contributed by atoms with Gasteiger partial charge >= 0.3 is 10.1 Å². The van der Waals surface area contributed by atoms with E-state index >= 15 is 0 Å². The van der Waals surface area contributed by atoms with Gasteiger partial charge in [0, 0.05) is 36.4 Å². The third-order valence-electron chi connectivity index (χ3n) is 7.00. The van der Waals surface area contributed by atoms with Crippen LogP contribution in [0.5, 0.6) is 5.75 Å². The molecule has 10 nitrogen and oxygen atoms in total. The van der Waals surface area contributed by atoms with Crippen LogP contribution in [0.15, 0.2) is 34.8 Å². The van der Waals surface area contributed by atoms with Crippen molar-refractivity contribution in [3.8, 4) is 5.75 Å². The summed E-state index contributed by atoms with van der Waals surface area (Å²) in [5.41, 5.74) is 1.12. The van der Waals surface area contributed by atoms with Crippen molar-refractivity contribution in [2.45, 2.75) is 57.6 Å². The maximum atomic E-state index is 13.3. The Balaban J connectivity index is 1.18. The van der Waals surface area contributed by atoms with Crippen molar-refractivity contribution in [1.29, 1.82) is 0 Å². The van der Waals surface area contributed by atoms with Gasteiger partial charge in [0.25, 0.3) is 12.9 Å². The molecular weight excluding hydrogens is 602 g/mol. The molecule has 42 heavy (non-hydrogen) atoms. The van der Waals surface area contributed by atoms with Crippen molar-refractivity contribution < 1.29 is 39.8 Å². The van der Waals surface area contributed by atoms with Gasteiger partial charge in [0.1, 0.15) is 29.4 Å². The summed E-state index contributed by atoms with van der Waals surface area (Å²) in [6.07, 6.45) is -4.09. The fourth-order valence-corrected chi connectivity index (χ4v) is 6.38. The topological polar surface area (TPSA) is 116 Å². The summed E-state index contributed by atoms with van der Waals surface area (Å²) in [6.45, 7) is 1.99. The van der Waals surface area contributed by atoms with Gasteiger partial charge in [0.2, 0.25) is 5.91 Å². The second-order valence-electron chi connectivity index (χ2n) is 10.1. The molecule has 5 rings (SSSR count). The number of halogens is 4. The number of thiazole rings is 1. The Morgan fingerprint density at radius 2 is 1.90 bits per heavy atom. The molecule has 2 aromatic heterocycles. The highest BCUT2D eigenvalue weighted by atomic mass is 32.2. The van der Waals surface area contributed by atoms with Crippen molar-refractivity contribution in [3.05, 3.63) is 62.9 Å². The van der Waals surface area contributed by atoms with Gasteiger partial charge < -0.3 is 13.9 Å². The normalized spacial score (nSPS) is 18.0. The summed E-state index contributed by atoms with van der Waals surface area (Å²) in [4.78, 5) is 24.6. The van der Waals surface area contributed by atoms with E-state index in [1.165, 1.54) is 16.2 Å². The molecule has 0 spiro atoms. The predicted molar refractivity (Wildman–Crippen MR) is 144 cm³/mol. The average Bonchev–Trinajstić information content (AvgIpc) is 3.68. The number of hydrogen-bond acceptors (Lipinski definition) is 9. The molecule has 4 heterocycles. The molecule has 1 fully saturated rings. The van der Waals surface area contributed by atoms with Gasteiger partial charge in [-0.1, -0.05) is 17.3 Å². The summed E-state index contributed by atoms with van der Waals surface area (Å²) in [5, 5.41) is 10.4. The summed E-state index contributed by atoms with van der Waals surface area (Å²) in [5.74, 6) is -0.227. The first-order valence-corrected chi connectivity index (χ1v) is 15.7. The first-order valence-electron chi connectivity index (χ1n) is 13.0. The molecule has 2 aliphatic rings. The third kappa shape index (κ3) is 6.75. The molecule has 0 bridgehead atoms. The lowest BCUT2D eigenvalue weighted by Crippen LogP contribution is -2.40. The first-order chi connectivity index (χ1) is 19.9. The number of carbonyl (C=O) groups excluding carboxylic acids is 1. The van der Waals surface area contributed by atoms with Crippen LogP contribution in [0.4, 0.5) is 17.6 Å². The minimum absolute atomic E-state index is 0.0603. The Hall–Kier alpha value is -3.53. The number of piperidine rings is 1. The lowest BCUT2D eigenvalue weighted by Gasteiger charge is -2.31. The molecular formula is C26H27F4N5O5S2. The number of nitrogens with zero attached hydrogens (tertiary/aromatic N) is 5. The third-order valence-corrected chi connectivity index (χ3v) is 8.49. The van der Waals surface area contributed by atoms with Crippen molar-refractivity contribution in [1.82, 2.24) is 19.7 Å². The van der Waals surface area contributed by atoms with Crippen molar-refractivity contribution in [3.63, 3.8) is 0 Å². The van der Waals surface area contributed by atoms with Crippen LogP contribution in [0.3, 0.4) is 0 Å². The highest BCUT2D eigenvalue weighted by Gasteiger charge is 2.31. The number of carbonyl (C=O) groups is 1. The molecule has 2 aliphatic heterocycles. The molecule has 1 saturated heterocycles. The Morgan fingerprint density at radius 1 is 1.17 bits per heavy atom. The van der Waals surface area contributed by atoms with E-state index in [-0.39, 0.29) is 11.7 Å². The summed E-state index contributed by atoms with van der Waals surface area (Å²) >= 11 is 1.45. The van der Waals surface area contributed by atoms with E-state index in [4.69, 9.17) is 14.0 Å². The molecule has 0 radical (unpaired) electrons. The molecule has 0 saturated carbocycles. The van der Waals surface area contributed by atoms with E-state index in [0.717, 1.165) is 16.8 Å². The zero-order chi connectivity index (χ0) is 30.2. The van der Waals surface area contributed by atoms with Gasteiger partial charge in [0.15, 0.2) is 6.10 Å². The van der Waals surface area contributed by atoms with Crippen LogP contribution in [-0.2, 0) is 26.3 Å². The van der Waals surface area contributed by atoms with E-state index < -0.39 is 52.9 Å². The minimum atomic E-state index is -3.74. The SMILES string of the molecule is Cc1ccc(C2CC(c3csc(C4CCN(C(=O)Cn5nc(C(F)F)cc5C(F)F)CC4)n3)=NO2)c(OS(C)(=O)=O)c1. The maximum Gasteiger partial charge on any atom is 0.306 e. The van der Waals surface area contributed by atoms with Crippen molar-refractivity contribution >= 4 is 33.1 Å². The van der Waals surface area contributed by atoms with E-state index in [1.54, 1.807) is 12.1 Å². The highest BCUT2D eigenvalue weighted by Crippen LogP contribution is 2.37. The number of hydrogen-bond donors (Lipinski definition) is 0. The smallest absolute Gasteiger partial charge is 0.306 e. The summed E-state index contributed by atoms with van der Waals surface area (Å²) in [6, 6.07) is 5.83. The summed E-state index contributed by atoms with van der Waals surface area (Å²) < 4.78 is 81.7. The Labute approximate surface area is 243 Å². The molecule has 1 unspecified atom stereocenters. The predicted octanol–water partition coefficient (Wildman–Crippen LogP) is 5.13. The monoisotopic (exact) mass is 629 g/mol. The quantitative estimate of drug-likeness (QED) is 0.238. The van der Waals surface area contributed by atoms with E-state index in [9.17, 15) is 30.8 Å². The Kier molecular flexibility index (Phi) is 8.55. The zero-order valence-electron chi connectivity index (χ0n) is 22.5. The molecule has 16 heteroatoms. The van der Waals surface area contributed by atoms with Gasteiger partial charge in [-0.3, -0.25) is 9.48 Å². The highest BCUT2D eigenvalue weighted by molar-refractivity contribution is 7.86. The zero-order valence-corrected chi connectivity index (χ0v) is 24.2. The number of aryl methyl sites for hydroxylation is 1. The Bertz CT molecular complexity index is 1600. The van der Waals surface area contributed by atoms with E-state index in [1.807, 2.05) is 18.4 Å². The lowest BCUT2D eigenvalue weighted by molar-refractivity contribution is -0.133. The number of likely N-dealkylation sites (tertiary alicyclic amines) is 1. The second-order valence-corrected chi connectivity index (χ2v) is 12.6. The molecule has 0 aliphatic carbocycles. The molecule has 1 atom stereocenters. The molecule has 0 N–H and O–H groups in total. The number of rotatable bonds is 9. The lowest BCUT2D eigenvalue weighted by atomic mass is 9.97. The van der Waals surface area contributed by atoms with Gasteiger partial charge in [-0.15, -0.1) is 11.3 Å². The van der Waals surface area contributed by atoms with Crippen LogP contribution in [0.1, 0.15) is 77.4 Å². The number of oxime groups is 1. The van der Waals surface area contributed by atoms with Crippen LogP contribution >= 0.6 is 11.3 Å². The number of aromatic nitrogens is 3. The molecule has 3 aromatic rings. The van der Waals surface area contributed by atoms with Gasteiger partial charge in [-0.25, -0.2) is 22.5 Å². The summed E-state index contributed by atoms with van der Waals surface area (Å²) in [7, 11) is -3.74. The van der Waals surface area contributed by atoms with Gasteiger partial charge in [0.05, 0.1) is 17.0 Å². The van der Waals surface area contributed by atoms with Crippen LogP contribution in [0.25, 0.3) is 0 Å². The van der Waals surface area contributed by atoms with Crippen LogP contribution in [-0.4, -0.2) is 59.0 Å². The molecule has 1 amide bonds. The van der Waals surface area contributed by atoms with E-state index in [0.29, 0.717) is 60.1 Å². The van der Waals surface area contributed by atoms with Crippen LogP contribution in [0.2, 0.25) is 0 Å². The molecule has 226 valence electrons. The largest absolute Gasteiger partial charge is 0.387 e. The van der Waals surface area contributed by atoms with Crippen molar-refractivity contribution in [2.75, 3.05) is 19.3 Å². The fourth-order valence-electron chi connectivity index (χ4n) is 4.91. The maximum absolute atomic E-state index is 13.3. The van der Waals surface area contributed by atoms with Crippen LogP contribution in [0, 0.1) is 6.92 Å². The van der Waals surface area contributed by atoms with Crippen LogP contribution < -0.4 is 4.18 Å². The number of amides is 1.